The Kier molecular flexibility index (Phi) is 3.66. The first kappa shape index (κ1) is 11.5. The van der Waals surface area contributed by atoms with Crippen molar-refractivity contribution >= 4 is 5.69 Å². The van der Waals surface area contributed by atoms with Crippen molar-refractivity contribution in [2.45, 2.75) is 20.0 Å². The molecular formula is C15H17NO. The van der Waals surface area contributed by atoms with Crippen LogP contribution in [0.1, 0.15) is 18.1 Å². The zero-order valence-electron chi connectivity index (χ0n) is 10.0. The molecule has 17 heavy (non-hydrogen) atoms. The SMILES string of the molecule is CCc1ccc(OCc2ccccc2N)cc1. The molecule has 0 heterocycles. The number of anilines is 1. The molecule has 0 radical (unpaired) electrons. The van der Waals surface area contributed by atoms with E-state index in [1.54, 1.807) is 0 Å². The summed E-state index contributed by atoms with van der Waals surface area (Å²) in [5.41, 5.74) is 8.96. The number of aryl methyl sites for hydroxylation is 1. The van der Waals surface area contributed by atoms with E-state index in [9.17, 15) is 0 Å². The van der Waals surface area contributed by atoms with Gasteiger partial charge in [0.05, 0.1) is 0 Å². The second kappa shape index (κ2) is 5.39. The fraction of sp³-hybridized carbons (Fsp3) is 0.200. The summed E-state index contributed by atoms with van der Waals surface area (Å²) in [7, 11) is 0. The molecule has 0 spiro atoms. The lowest BCUT2D eigenvalue weighted by molar-refractivity contribution is 0.307. The van der Waals surface area contributed by atoms with E-state index in [1.165, 1.54) is 5.56 Å². The van der Waals surface area contributed by atoms with E-state index in [-0.39, 0.29) is 0 Å². The molecule has 2 N–H and O–H groups in total. The number of hydrogen-bond acceptors (Lipinski definition) is 2. The van der Waals surface area contributed by atoms with Gasteiger partial charge < -0.3 is 10.5 Å². The van der Waals surface area contributed by atoms with Crippen molar-refractivity contribution in [3.63, 3.8) is 0 Å². The van der Waals surface area contributed by atoms with Crippen molar-refractivity contribution in [3.8, 4) is 5.75 Å². The summed E-state index contributed by atoms with van der Waals surface area (Å²) < 4.78 is 5.69. The van der Waals surface area contributed by atoms with Crippen LogP contribution >= 0.6 is 0 Å². The summed E-state index contributed by atoms with van der Waals surface area (Å²) in [5, 5.41) is 0. The van der Waals surface area contributed by atoms with Gasteiger partial charge in [0, 0.05) is 11.3 Å². The highest BCUT2D eigenvalue weighted by atomic mass is 16.5. The molecule has 0 atom stereocenters. The zero-order valence-corrected chi connectivity index (χ0v) is 10.0. The topological polar surface area (TPSA) is 35.2 Å². The average molecular weight is 227 g/mol. The van der Waals surface area contributed by atoms with E-state index in [2.05, 4.69) is 19.1 Å². The molecule has 2 aromatic rings. The lowest BCUT2D eigenvalue weighted by atomic mass is 10.2. The predicted octanol–water partition coefficient (Wildman–Crippen LogP) is 3.41. The third-order valence-electron chi connectivity index (χ3n) is 2.78. The molecule has 0 aromatic heterocycles. The molecule has 0 fully saturated rings. The Bertz CT molecular complexity index is 477. The lowest BCUT2D eigenvalue weighted by Gasteiger charge is -2.08. The van der Waals surface area contributed by atoms with Crippen LogP contribution in [0.4, 0.5) is 5.69 Å². The molecule has 2 aromatic carbocycles. The highest BCUT2D eigenvalue weighted by molar-refractivity contribution is 5.46. The maximum atomic E-state index is 5.85. The third kappa shape index (κ3) is 3.00. The van der Waals surface area contributed by atoms with Crippen LogP contribution in [0.3, 0.4) is 0 Å². The average Bonchev–Trinajstić information content (AvgIpc) is 2.38. The molecule has 0 aliphatic rings. The fourth-order valence-corrected chi connectivity index (χ4v) is 1.65. The van der Waals surface area contributed by atoms with Crippen molar-refractivity contribution in [2.24, 2.45) is 0 Å². The quantitative estimate of drug-likeness (QED) is 0.812. The smallest absolute Gasteiger partial charge is 0.119 e. The van der Waals surface area contributed by atoms with Crippen LogP contribution in [0.5, 0.6) is 5.75 Å². The van der Waals surface area contributed by atoms with Gasteiger partial charge in [0.15, 0.2) is 0 Å². The summed E-state index contributed by atoms with van der Waals surface area (Å²) >= 11 is 0. The molecule has 0 aliphatic heterocycles. The van der Waals surface area contributed by atoms with Crippen molar-refractivity contribution < 1.29 is 4.74 Å². The minimum Gasteiger partial charge on any atom is -0.489 e. The Hall–Kier alpha value is -1.96. The van der Waals surface area contributed by atoms with Crippen LogP contribution < -0.4 is 10.5 Å². The maximum absolute atomic E-state index is 5.85. The van der Waals surface area contributed by atoms with Gasteiger partial charge in [-0.1, -0.05) is 37.3 Å². The van der Waals surface area contributed by atoms with Crippen molar-refractivity contribution in [2.75, 3.05) is 5.73 Å². The normalized spacial score (nSPS) is 10.2. The zero-order chi connectivity index (χ0) is 12.1. The van der Waals surface area contributed by atoms with Crippen LogP contribution in [-0.2, 0) is 13.0 Å². The Labute approximate surface area is 102 Å². The van der Waals surface area contributed by atoms with Crippen LogP contribution in [-0.4, -0.2) is 0 Å². The van der Waals surface area contributed by atoms with Crippen molar-refractivity contribution in [1.82, 2.24) is 0 Å². The number of rotatable bonds is 4. The predicted molar refractivity (Wildman–Crippen MR) is 71.0 cm³/mol. The second-order valence-electron chi connectivity index (χ2n) is 3.98. The van der Waals surface area contributed by atoms with Crippen LogP contribution in [0.25, 0.3) is 0 Å². The number of benzene rings is 2. The Morgan fingerprint density at radius 1 is 1.00 bits per heavy atom. The molecule has 0 bridgehead atoms. The van der Waals surface area contributed by atoms with E-state index in [0.29, 0.717) is 6.61 Å². The van der Waals surface area contributed by atoms with Crippen molar-refractivity contribution in [1.29, 1.82) is 0 Å². The van der Waals surface area contributed by atoms with Gasteiger partial charge in [-0.2, -0.15) is 0 Å². The first-order valence-corrected chi connectivity index (χ1v) is 5.84. The van der Waals surface area contributed by atoms with Gasteiger partial charge in [-0.15, -0.1) is 0 Å². The van der Waals surface area contributed by atoms with E-state index in [4.69, 9.17) is 10.5 Å². The lowest BCUT2D eigenvalue weighted by Crippen LogP contribution is -1.99. The molecule has 0 unspecified atom stereocenters. The molecule has 2 rings (SSSR count). The fourth-order valence-electron chi connectivity index (χ4n) is 1.65. The van der Waals surface area contributed by atoms with E-state index >= 15 is 0 Å². The van der Waals surface area contributed by atoms with E-state index in [1.807, 2.05) is 36.4 Å². The summed E-state index contributed by atoms with van der Waals surface area (Å²) in [4.78, 5) is 0. The van der Waals surface area contributed by atoms with Gasteiger partial charge >= 0.3 is 0 Å². The maximum Gasteiger partial charge on any atom is 0.119 e. The minimum atomic E-state index is 0.512. The number of hydrogen-bond donors (Lipinski definition) is 1. The Balaban J connectivity index is 2.00. The molecule has 0 aliphatic carbocycles. The van der Waals surface area contributed by atoms with Gasteiger partial charge in [-0.25, -0.2) is 0 Å². The number of para-hydroxylation sites is 1. The van der Waals surface area contributed by atoms with Gasteiger partial charge in [0.2, 0.25) is 0 Å². The summed E-state index contributed by atoms with van der Waals surface area (Å²) in [6.07, 6.45) is 1.05. The molecule has 2 nitrogen and oxygen atoms in total. The highest BCUT2D eigenvalue weighted by Gasteiger charge is 1.99. The minimum absolute atomic E-state index is 0.512. The number of nitrogen functional groups attached to an aromatic ring is 1. The Morgan fingerprint density at radius 2 is 1.71 bits per heavy atom. The van der Waals surface area contributed by atoms with E-state index in [0.717, 1.165) is 23.4 Å². The Morgan fingerprint density at radius 3 is 2.35 bits per heavy atom. The number of ether oxygens (including phenoxy) is 1. The first-order valence-electron chi connectivity index (χ1n) is 5.84. The molecular weight excluding hydrogens is 210 g/mol. The third-order valence-corrected chi connectivity index (χ3v) is 2.78. The monoisotopic (exact) mass is 227 g/mol. The highest BCUT2D eigenvalue weighted by Crippen LogP contribution is 2.17. The first-order chi connectivity index (χ1) is 8.29. The molecule has 0 saturated carbocycles. The molecule has 0 saturated heterocycles. The van der Waals surface area contributed by atoms with E-state index < -0.39 is 0 Å². The van der Waals surface area contributed by atoms with Crippen LogP contribution in [0, 0.1) is 0 Å². The summed E-state index contributed by atoms with van der Waals surface area (Å²) in [6, 6.07) is 15.9. The molecule has 88 valence electrons. The van der Waals surface area contributed by atoms with Gasteiger partial charge in [-0.3, -0.25) is 0 Å². The number of nitrogens with two attached hydrogens (primary N) is 1. The standard InChI is InChI=1S/C15H17NO/c1-2-12-7-9-14(10-8-12)17-11-13-5-3-4-6-15(13)16/h3-10H,2,11,16H2,1H3. The van der Waals surface area contributed by atoms with Gasteiger partial charge in [0.1, 0.15) is 12.4 Å². The van der Waals surface area contributed by atoms with Crippen molar-refractivity contribution in [3.05, 3.63) is 59.7 Å². The van der Waals surface area contributed by atoms with Crippen LogP contribution in [0.15, 0.2) is 48.5 Å². The summed E-state index contributed by atoms with van der Waals surface area (Å²) in [6.45, 7) is 2.65. The van der Waals surface area contributed by atoms with Crippen LogP contribution in [0.2, 0.25) is 0 Å². The summed E-state index contributed by atoms with van der Waals surface area (Å²) in [5.74, 6) is 0.880. The molecule has 0 amide bonds. The largest absolute Gasteiger partial charge is 0.489 e. The molecule has 2 heteroatoms. The van der Waals surface area contributed by atoms with Gasteiger partial charge in [-0.05, 0) is 30.2 Å². The second-order valence-corrected chi connectivity index (χ2v) is 3.98. The van der Waals surface area contributed by atoms with Gasteiger partial charge in [0.25, 0.3) is 0 Å².